The highest BCUT2D eigenvalue weighted by atomic mass is 35.5. The molecule has 8 heteroatoms. The molecule has 0 spiro atoms. The number of hydrogen-bond acceptors (Lipinski definition) is 4. The summed E-state index contributed by atoms with van der Waals surface area (Å²) in [6, 6.07) is 10.3. The predicted molar refractivity (Wildman–Crippen MR) is 121 cm³/mol. The van der Waals surface area contributed by atoms with E-state index in [2.05, 4.69) is 10.2 Å². The Kier molecular flexibility index (Phi) is 11.3. The molecule has 1 saturated heterocycles. The summed E-state index contributed by atoms with van der Waals surface area (Å²) in [5.41, 5.74) is 1.06. The van der Waals surface area contributed by atoms with Crippen LogP contribution in [0.15, 0.2) is 30.3 Å². The molecule has 5 nitrogen and oxygen atoms in total. The molecule has 1 aliphatic carbocycles. The molecule has 1 unspecified atom stereocenters. The van der Waals surface area contributed by atoms with E-state index in [0.717, 1.165) is 31.7 Å². The number of nitrogens with zero attached hydrogens (tertiary/aromatic N) is 2. The Labute approximate surface area is 183 Å². The van der Waals surface area contributed by atoms with E-state index >= 15 is 0 Å². The van der Waals surface area contributed by atoms with E-state index in [4.69, 9.17) is 0 Å². The van der Waals surface area contributed by atoms with Crippen LogP contribution >= 0.6 is 24.8 Å². The van der Waals surface area contributed by atoms with Crippen LogP contribution in [0, 0.1) is 5.92 Å². The first-order valence-electron chi connectivity index (χ1n) is 9.98. The summed E-state index contributed by atoms with van der Waals surface area (Å²) in [7, 11) is -3.24. The highest BCUT2D eigenvalue weighted by Crippen LogP contribution is 2.30. The minimum absolute atomic E-state index is 0. The van der Waals surface area contributed by atoms with Gasteiger partial charge < -0.3 is 5.32 Å². The Morgan fingerprint density at radius 2 is 1.68 bits per heavy atom. The molecule has 1 heterocycles. The van der Waals surface area contributed by atoms with Crippen molar-refractivity contribution >= 4 is 34.8 Å². The molecule has 0 radical (unpaired) electrons. The van der Waals surface area contributed by atoms with Crippen LogP contribution in [0.2, 0.25) is 0 Å². The van der Waals surface area contributed by atoms with Crippen LogP contribution in [0.3, 0.4) is 0 Å². The van der Waals surface area contributed by atoms with Crippen molar-refractivity contribution in [2.24, 2.45) is 5.92 Å². The van der Waals surface area contributed by atoms with E-state index in [1.54, 1.807) is 4.31 Å². The first-order valence-corrected chi connectivity index (χ1v) is 11.8. The van der Waals surface area contributed by atoms with Crippen LogP contribution in [0.4, 0.5) is 0 Å². The maximum Gasteiger partial charge on any atom is 0.211 e. The lowest BCUT2D eigenvalue weighted by atomic mass is 9.83. The third-order valence-corrected chi connectivity index (χ3v) is 7.09. The Morgan fingerprint density at radius 1 is 1.07 bits per heavy atom. The van der Waals surface area contributed by atoms with E-state index in [1.165, 1.54) is 38.4 Å². The van der Waals surface area contributed by atoms with Crippen LogP contribution in [0.25, 0.3) is 0 Å². The molecule has 2 fully saturated rings. The Balaban J connectivity index is 0.00000196. The summed E-state index contributed by atoms with van der Waals surface area (Å²) < 4.78 is 26.8. The lowest BCUT2D eigenvalue weighted by molar-refractivity contribution is 0.0866. The zero-order valence-corrected chi connectivity index (χ0v) is 19.2. The Bertz CT molecular complexity index is 631. The molecule has 1 aromatic carbocycles. The molecular weight excluding hydrogens is 417 g/mol. The van der Waals surface area contributed by atoms with Crippen molar-refractivity contribution in [2.75, 3.05) is 39.0 Å². The number of halogens is 2. The molecular formula is C20H35Cl2N3O2S. The van der Waals surface area contributed by atoms with Gasteiger partial charge in [-0.2, -0.15) is 4.31 Å². The fourth-order valence-corrected chi connectivity index (χ4v) is 5.22. The number of piperazine rings is 1. The standard InChI is InChI=1S/C20H33N3O2S.2ClH/c1-26(24,25)23(16-18-8-4-2-5-9-18)17-20(19-10-6-3-7-11-19)22-14-12-21-13-15-22;;/h2,4-5,8-9,19-21H,3,6-7,10-17H2,1H3;2*1H. The van der Waals surface area contributed by atoms with Gasteiger partial charge in [0.1, 0.15) is 0 Å². The zero-order valence-electron chi connectivity index (χ0n) is 16.8. The molecule has 2 aliphatic rings. The second kappa shape index (κ2) is 12.4. The van der Waals surface area contributed by atoms with Gasteiger partial charge in [0, 0.05) is 45.3 Å². The van der Waals surface area contributed by atoms with Gasteiger partial charge in [0.15, 0.2) is 0 Å². The van der Waals surface area contributed by atoms with Crippen LogP contribution in [0.5, 0.6) is 0 Å². The fourth-order valence-electron chi connectivity index (χ4n) is 4.41. The average molecular weight is 452 g/mol. The van der Waals surface area contributed by atoms with Gasteiger partial charge in [-0.05, 0) is 24.3 Å². The molecule has 1 atom stereocenters. The van der Waals surface area contributed by atoms with Gasteiger partial charge >= 0.3 is 0 Å². The normalized spacial score (nSPS) is 20.2. The maximum absolute atomic E-state index is 12.5. The van der Waals surface area contributed by atoms with Gasteiger partial charge in [0.05, 0.1) is 6.26 Å². The summed E-state index contributed by atoms with van der Waals surface area (Å²) in [6.45, 7) is 5.11. The fraction of sp³-hybridized carbons (Fsp3) is 0.700. The average Bonchev–Trinajstić information content (AvgIpc) is 2.66. The van der Waals surface area contributed by atoms with Gasteiger partial charge in [-0.15, -0.1) is 24.8 Å². The van der Waals surface area contributed by atoms with Crippen molar-refractivity contribution in [3.8, 4) is 0 Å². The first kappa shape index (κ1) is 25.7. The Morgan fingerprint density at radius 3 is 2.25 bits per heavy atom. The molecule has 0 bridgehead atoms. The molecule has 1 aliphatic heterocycles. The van der Waals surface area contributed by atoms with Gasteiger partial charge in [0.2, 0.25) is 10.0 Å². The zero-order chi connectivity index (χ0) is 18.4. The number of benzene rings is 1. The van der Waals surface area contributed by atoms with E-state index in [9.17, 15) is 8.42 Å². The molecule has 0 aromatic heterocycles. The minimum atomic E-state index is -3.24. The quantitative estimate of drug-likeness (QED) is 0.691. The lowest BCUT2D eigenvalue weighted by Crippen LogP contribution is -2.55. The molecule has 1 aromatic rings. The topological polar surface area (TPSA) is 52.7 Å². The molecule has 3 rings (SSSR count). The van der Waals surface area contributed by atoms with Gasteiger partial charge in [-0.25, -0.2) is 8.42 Å². The highest BCUT2D eigenvalue weighted by Gasteiger charge is 2.33. The third-order valence-electron chi connectivity index (χ3n) is 5.88. The highest BCUT2D eigenvalue weighted by molar-refractivity contribution is 7.88. The number of sulfonamides is 1. The predicted octanol–water partition coefficient (Wildman–Crippen LogP) is 3.15. The lowest BCUT2D eigenvalue weighted by Gasteiger charge is -2.42. The van der Waals surface area contributed by atoms with Gasteiger partial charge in [-0.1, -0.05) is 49.6 Å². The van der Waals surface area contributed by atoms with E-state index in [-0.39, 0.29) is 24.8 Å². The smallest absolute Gasteiger partial charge is 0.211 e. The van der Waals surface area contributed by atoms with Crippen molar-refractivity contribution in [2.45, 2.75) is 44.7 Å². The van der Waals surface area contributed by atoms with Gasteiger partial charge in [-0.3, -0.25) is 4.90 Å². The third kappa shape index (κ3) is 7.47. The molecule has 162 valence electrons. The van der Waals surface area contributed by atoms with Crippen molar-refractivity contribution in [1.82, 2.24) is 14.5 Å². The number of nitrogens with one attached hydrogen (secondary N) is 1. The van der Waals surface area contributed by atoms with Crippen LogP contribution in [-0.2, 0) is 16.6 Å². The summed E-state index contributed by atoms with van der Waals surface area (Å²) in [5.74, 6) is 0.613. The molecule has 1 N–H and O–H groups in total. The SMILES string of the molecule is CS(=O)(=O)N(Cc1ccccc1)CC(C1CCCCC1)N1CCNCC1.Cl.Cl. The van der Waals surface area contributed by atoms with E-state index in [1.807, 2.05) is 30.3 Å². The second-order valence-electron chi connectivity index (χ2n) is 7.79. The van der Waals surface area contributed by atoms with Crippen LogP contribution in [0.1, 0.15) is 37.7 Å². The van der Waals surface area contributed by atoms with Crippen molar-refractivity contribution in [3.63, 3.8) is 0 Å². The first-order chi connectivity index (χ1) is 12.5. The number of rotatable bonds is 7. The largest absolute Gasteiger partial charge is 0.314 e. The summed E-state index contributed by atoms with van der Waals surface area (Å²) in [4.78, 5) is 2.54. The van der Waals surface area contributed by atoms with E-state index in [0.29, 0.717) is 25.0 Å². The summed E-state index contributed by atoms with van der Waals surface area (Å²) in [6.07, 6.45) is 7.71. The number of hydrogen-bond donors (Lipinski definition) is 1. The van der Waals surface area contributed by atoms with Crippen LogP contribution in [-0.4, -0.2) is 62.6 Å². The summed E-state index contributed by atoms with van der Waals surface area (Å²) >= 11 is 0. The minimum Gasteiger partial charge on any atom is -0.314 e. The second-order valence-corrected chi connectivity index (χ2v) is 9.77. The van der Waals surface area contributed by atoms with Crippen LogP contribution < -0.4 is 5.32 Å². The molecule has 1 saturated carbocycles. The Hall–Kier alpha value is -0.370. The van der Waals surface area contributed by atoms with Crippen molar-refractivity contribution < 1.29 is 8.42 Å². The van der Waals surface area contributed by atoms with Gasteiger partial charge in [0.25, 0.3) is 0 Å². The van der Waals surface area contributed by atoms with Crippen molar-refractivity contribution in [1.29, 1.82) is 0 Å². The maximum atomic E-state index is 12.5. The summed E-state index contributed by atoms with van der Waals surface area (Å²) in [5, 5.41) is 3.42. The van der Waals surface area contributed by atoms with Crippen molar-refractivity contribution in [3.05, 3.63) is 35.9 Å². The molecule has 0 amide bonds. The molecule has 28 heavy (non-hydrogen) atoms. The van der Waals surface area contributed by atoms with E-state index < -0.39 is 10.0 Å². The monoisotopic (exact) mass is 451 g/mol.